The van der Waals surface area contributed by atoms with E-state index >= 15 is 0 Å². The van der Waals surface area contributed by atoms with Crippen molar-refractivity contribution in [2.45, 2.75) is 44.8 Å². The number of ether oxygens (including phenoxy) is 1. The van der Waals surface area contributed by atoms with Crippen molar-refractivity contribution < 1.29 is 14.3 Å². The fourth-order valence-electron chi connectivity index (χ4n) is 2.37. The van der Waals surface area contributed by atoms with Crippen LogP contribution >= 0.6 is 11.6 Å². The number of amides is 1. The maximum atomic E-state index is 12.0. The first-order valence-electron chi connectivity index (χ1n) is 7.03. The standard InChI is InChI=1S/C15H19ClN2O3/c1-9(14(19)18-11-4-2-3-5-11)21-15(20)12-8-10(17)6-7-13(12)16/h6-9,11H,2-5,17H2,1H3,(H,18,19). The number of carbonyl (C=O) groups excluding carboxylic acids is 2. The van der Waals surface area contributed by atoms with E-state index in [-0.39, 0.29) is 22.5 Å². The second kappa shape index (κ2) is 6.80. The van der Waals surface area contributed by atoms with Crippen LogP contribution in [0.5, 0.6) is 0 Å². The zero-order valence-electron chi connectivity index (χ0n) is 11.9. The van der Waals surface area contributed by atoms with Crippen LogP contribution in [0.1, 0.15) is 43.0 Å². The van der Waals surface area contributed by atoms with Gasteiger partial charge in [0.15, 0.2) is 6.10 Å². The van der Waals surface area contributed by atoms with Gasteiger partial charge >= 0.3 is 5.97 Å². The molecule has 1 aromatic rings. The van der Waals surface area contributed by atoms with Gasteiger partial charge in [0, 0.05) is 11.7 Å². The number of nitrogens with one attached hydrogen (secondary N) is 1. The highest BCUT2D eigenvalue weighted by molar-refractivity contribution is 6.33. The summed E-state index contributed by atoms with van der Waals surface area (Å²) in [4.78, 5) is 24.0. The van der Waals surface area contributed by atoms with Gasteiger partial charge in [0.05, 0.1) is 10.6 Å². The number of rotatable bonds is 4. The average molecular weight is 311 g/mol. The van der Waals surface area contributed by atoms with E-state index < -0.39 is 12.1 Å². The molecule has 1 saturated carbocycles. The summed E-state index contributed by atoms with van der Waals surface area (Å²) >= 11 is 5.93. The Morgan fingerprint density at radius 2 is 2.05 bits per heavy atom. The molecular formula is C15H19ClN2O3. The third kappa shape index (κ3) is 4.11. The fourth-order valence-corrected chi connectivity index (χ4v) is 2.56. The van der Waals surface area contributed by atoms with E-state index in [4.69, 9.17) is 22.1 Å². The zero-order chi connectivity index (χ0) is 15.4. The number of nitrogen functional groups attached to an aromatic ring is 1. The van der Waals surface area contributed by atoms with Gasteiger partial charge in [0.1, 0.15) is 0 Å². The molecule has 1 aliphatic rings. The third-order valence-corrected chi connectivity index (χ3v) is 3.89. The highest BCUT2D eigenvalue weighted by atomic mass is 35.5. The Balaban J connectivity index is 1.94. The maximum Gasteiger partial charge on any atom is 0.340 e. The molecule has 1 fully saturated rings. The summed E-state index contributed by atoms with van der Waals surface area (Å²) in [6.07, 6.45) is 3.34. The summed E-state index contributed by atoms with van der Waals surface area (Å²) < 4.78 is 5.15. The van der Waals surface area contributed by atoms with Crippen molar-refractivity contribution in [1.82, 2.24) is 5.32 Å². The van der Waals surface area contributed by atoms with E-state index in [1.807, 2.05) is 0 Å². The molecule has 6 heteroatoms. The van der Waals surface area contributed by atoms with Crippen LogP contribution in [0.25, 0.3) is 0 Å². The van der Waals surface area contributed by atoms with Crippen LogP contribution in [0.4, 0.5) is 5.69 Å². The van der Waals surface area contributed by atoms with Gasteiger partial charge in [-0.2, -0.15) is 0 Å². The molecule has 0 heterocycles. The lowest BCUT2D eigenvalue weighted by Crippen LogP contribution is -2.40. The number of carbonyl (C=O) groups is 2. The predicted molar refractivity (Wildman–Crippen MR) is 81.1 cm³/mol. The predicted octanol–water partition coefficient (Wildman–Crippen LogP) is 2.53. The minimum Gasteiger partial charge on any atom is -0.449 e. The molecule has 21 heavy (non-hydrogen) atoms. The van der Waals surface area contributed by atoms with E-state index in [1.54, 1.807) is 13.0 Å². The molecule has 2 rings (SSSR count). The summed E-state index contributed by atoms with van der Waals surface area (Å²) in [5, 5.41) is 3.14. The van der Waals surface area contributed by atoms with E-state index in [0.29, 0.717) is 5.69 Å². The number of hydrogen-bond acceptors (Lipinski definition) is 4. The first kappa shape index (κ1) is 15.6. The minimum absolute atomic E-state index is 0.164. The molecule has 1 aliphatic carbocycles. The number of anilines is 1. The Hall–Kier alpha value is -1.75. The Kier molecular flexibility index (Phi) is 5.07. The summed E-state index contributed by atoms with van der Waals surface area (Å²) in [5.41, 5.74) is 6.19. The molecule has 3 N–H and O–H groups in total. The molecular weight excluding hydrogens is 292 g/mol. The average Bonchev–Trinajstić information content (AvgIpc) is 2.94. The Labute approximate surface area is 128 Å². The maximum absolute atomic E-state index is 12.0. The molecule has 1 aromatic carbocycles. The molecule has 0 bridgehead atoms. The van der Waals surface area contributed by atoms with Gasteiger partial charge in [0.2, 0.25) is 0 Å². The smallest absolute Gasteiger partial charge is 0.340 e. The molecule has 0 aliphatic heterocycles. The van der Waals surface area contributed by atoms with Gasteiger partial charge in [0.25, 0.3) is 5.91 Å². The van der Waals surface area contributed by atoms with Crippen molar-refractivity contribution in [2.24, 2.45) is 0 Å². The molecule has 114 valence electrons. The largest absolute Gasteiger partial charge is 0.449 e. The van der Waals surface area contributed by atoms with Crippen LogP contribution in [0, 0.1) is 0 Å². The molecule has 1 atom stereocenters. The number of benzene rings is 1. The van der Waals surface area contributed by atoms with Crippen molar-refractivity contribution in [2.75, 3.05) is 5.73 Å². The summed E-state index contributed by atoms with van der Waals surface area (Å²) in [6.45, 7) is 1.54. The highest BCUT2D eigenvalue weighted by Crippen LogP contribution is 2.21. The lowest BCUT2D eigenvalue weighted by molar-refractivity contribution is -0.129. The molecule has 5 nitrogen and oxygen atoms in total. The van der Waals surface area contributed by atoms with E-state index in [1.165, 1.54) is 12.1 Å². The van der Waals surface area contributed by atoms with Crippen LogP contribution in [0.15, 0.2) is 18.2 Å². The van der Waals surface area contributed by atoms with E-state index in [9.17, 15) is 9.59 Å². The Morgan fingerprint density at radius 1 is 1.38 bits per heavy atom. The van der Waals surface area contributed by atoms with Crippen molar-refractivity contribution in [3.63, 3.8) is 0 Å². The molecule has 0 saturated heterocycles. The van der Waals surface area contributed by atoms with Gasteiger partial charge in [-0.1, -0.05) is 24.4 Å². The summed E-state index contributed by atoms with van der Waals surface area (Å²) in [7, 11) is 0. The first-order chi connectivity index (χ1) is 9.97. The van der Waals surface area contributed by atoms with Gasteiger partial charge in [-0.15, -0.1) is 0 Å². The summed E-state index contributed by atoms with van der Waals surface area (Å²) in [6, 6.07) is 4.74. The van der Waals surface area contributed by atoms with Crippen LogP contribution in [-0.2, 0) is 9.53 Å². The molecule has 0 spiro atoms. The second-order valence-electron chi connectivity index (χ2n) is 5.28. The number of hydrogen-bond donors (Lipinski definition) is 2. The topological polar surface area (TPSA) is 81.4 Å². The normalized spacial score (nSPS) is 16.5. The summed E-state index contributed by atoms with van der Waals surface area (Å²) in [5.74, 6) is -0.934. The van der Waals surface area contributed by atoms with Crippen LogP contribution < -0.4 is 11.1 Å². The number of esters is 1. The van der Waals surface area contributed by atoms with Crippen molar-refractivity contribution in [3.8, 4) is 0 Å². The quantitative estimate of drug-likeness (QED) is 0.661. The van der Waals surface area contributed by atoms with Gasteiger partial charge < -0.3 is 15.8 Å². The lowest BCUT2D eigenvalue weighted by Gasteiger charge is -2.17. The third-order valence-electron chi connectivity index (χ3n) is 3.56. The number of nitrogens with two attached hydrogens (primary N) is 1. The van der Waals surface area contributed by atoms with Gasteiger partial charge in [-0.3, -0.25) is 4.79 Å². The van der Waals surface area contributed by atoms with Gasteiger partial charge in [-0.25, -0.2) is 4.79 Å². The SMILES string of the molecule is CC(OC(=O)c1cc(N)ccc1Cl)C(=O)NC1CCCC1. The number of halogens is 1. The monoisotopic (exact) mass is 310 g/mol. The van der Waals surface area contributed by atoms with Crippen molar-refractivity contribution in [1.29, 1.82) is 0 Å². The fraction of sp³-hybridized carbons (Fsp3) is 0.467. The highest BCUT2D eigenvalue weighted by Gasteiger charge is 2.24. The van der Waals surface area contributed by atoms with Crippen LogP contribution in [0.2, 0.25) is 5.02 Å². The van der Waals surface area contributed by atoms with Crippen LogP contribution in [0.3, 0.4) is 0 Å². The second-order valence-corrected chi connectivity index (χ2v) is 5.68. The van der Waals surface area contributed by atoms with Gasteiger partial charge in [-0.05, 0) is 38.0 Å². The van der Waals surface area contributed by atoms with E-state index in [2.05, 4.69) is 5.32 Å². The van der Waals surface area contributed by atoms with Crippen molar-refractivity contribution >= 4 is 29.2 Å². The Bertz CT molecular complexity index is 542. The molecule has 0 radical (unpaired) electrons. The minimum atomic E-state index is -0.865. The zero-order valence-corrected chi connectivity index (χ0v) is 12.7. The van der Waals surface area contributed by atoms with E-state index in [0.717, 1.165) is 25.7 Å². The molecule has 0 aromatic heterocycles. The lowest BCUT2D eigenvalue weighted by atomic mass is 10.2. The first-order valence-corrected chi connectivity index (χ1v) is 7.41. The molecule has 1 amide bonds. The molecule has 1 unspecified atom stereocenters. The van der Waals surface area contributed by atoms with Crippen LogP contribution in [-0.4, -0.2) is 24.0 Å². The van der Waals surface area contributed by atoms with Crippen molar-refractivity contribution in [3.05, 3.63) is 28.8 Å². The Morgan fingerprint density at radius 3 is 2.71 bits per heavy atom.